The Labute approximate surface area is 128 Å². The van der Waals surface area contributed by atoms with Crippen LogP contribution in [0.15, 0.2) is 47.6 Å². The maximum atomic E-state index is 12.7. The van der Waals surface area contributed by atoms with E-state index < -0.39 is 0 Å². The molecule has 0 aliphatic heterocycles. The average molecular weight is 300 g/mol. The standard InChI is InChI=1S/C17H17FN2O2/c1-12-3-8-16(13(2)9-12)22-11-17(21)20-19-10-14-4-6-15(18)7-5-14/h3-10H,11H2,1-2H3,(H,20,21)/b19-10-. The molecule has 0 aliphatic rings. The Balaban J connectivity index is 1.81. The third-order valence-corrected chi connectivity index (χ3v) is 2.96. The zero-order valence-corrected chi connectivity index (χ0v) is 12.5. The molecule has 4 nitrogen and oxygen atoms in total. The fourth-order valence-electron chi connectivity index (χ4n) is 1.86. The average Bonchev–Trinajstić information content (AvgIpc) is 2.48. The Morgan fingerprint density at radius 3 is 2.64 bits per heavy atom. The molecule has 0 radical (unpaired) electrons. The molecule has 0 atom stereocenters. The molecule has 22 heavy (non-hydrogen) atoms. The van der Waals surface area contributed by atoms with Crippen molar-refractivity contribution >= 4 is 12.1 Å². The number of rotatable bonds is 5. The number of carbonyl (C=O) groups is 1. The molecule has 1 amide bonds. The molecule has 114 valence electrons. The molecule has 0 aliphatic carbocycles. The number of halogens is 1. The van der Waals surface area contributed by atoms with Crippen LogP contribution in [-0.4, -0.2) is 18.7 Å². The number of amides is 1. The lowest BCUT2D eigenvalue weighted by molar-refractivity contribution is -0.123. The Morgan fingerprint density at radius 2 is 1.95 bits per heavy atom. The van der Waals surface area contributed by atoms with Crippen LogP contribution in [0.4, 0.5) is 4.39 Å². The zero-order valence-electron chi connectivity index (χ0n) is 12.5. The zero-order chi connectivity index (χ0) is 15.9. The van der Waals surface area contributed by atoms with Crippen molar-refractivity contribution in [2.24, 2.45) is 5.10 Å². The van der Waals surface area contributed by atoms with Gasteiger partial charge < -0.3 is 4.74 Å². The number of benzene rings is 2. The van der Waals surface area contributed by atoms with E-state index in [1.54, 1.807) is 12.1 Å². The lowest BCUT2D eigenvalue weighted by atomic mass is 10.1. The lowest BCUT2D eigenvalue weighted by Crippen LogP contribution is -2.24. The molecule has 0 unspecified atom stereocenters. The van der Waals surface area contributed by atoms with Crippen molar-refractivity contribution in [3.63, 3.8) is 0 Å². The number of hydrogen-bond acceptors (Lipinski definition) is 3. The van der Waals surface area contributed by atoms with Gasteiger partial charge in [-0.05, 0) is 43.2 Å². The molecule has 0 heterocycles. The quantitative estimate of drug-likeness (QED) is 0.682. The minimum atomic E-state index is -0.363. The van der Waals surface area contributed by atoms with Crippen LogP contribution in [0.5, 0.6) is 5.75 Å². The number of hydrogen-bond donors (Lipinski definition) is 1. The van der Waals surface area contributed by atoms with Crippen molar-refractivity contribution in [3.05, 3.63) is 65.0 Å². The third-order valence-electron chi connectivity index (χ3n) is 2.96. The van der Waals surface area contributed by atoms with Gasteiger partial charge in [0, 0.05) is 0 Å². The second-order valence-corrected chi connectivity index (χ2v) is 4.90. The van der Waals surface area contributed by atoms with Gasteiger partial charge in [0.15, 0.2) is 6.61 Å². The highest BCUT2D eigenvalue weighted by Crippen LogP contribution is 2.18. The first-order chi connectivity index (χ1) is 10.5. The lowest BCUT2D eigenvalue weighted by Gasteiger charge is -2.08. The highest BCUT2D eigenvalue weighted by atomic mass is 19.1. The smallest absolute Gasteiger partial charge is 0.277 e. The summed E-state index contributed by atoms with van der Waals surface area (Å²) in [5.74, 6) is -0.00958. The highest BCUT2D eigenvalue weighted by molar-refractivity contribution is 5.82. The van der Waals surface area contributed by atoms with Gasteiger partial charge in [0.05, 0.1) is 6.21 Å². The van der Waals surface area contributed by atoms with Crippen molar-refractivity contribution < 1.29 is 13.9 Å². The Hall–Kier alpha value is -2.69. The minimum absolute atomic E-state index is 0.120. The van der Waals surface area contributed by atoms with E-state index in [-0.39, 0.29) is 18.3 Å². The maximum Gasteiger partial charge on any atom is 0.277 e. The molecular formula is C17H17FN2O2. The van der Waals surface area contributed by atoms with E-state index in [9.17, 15) is 9.18 Å². The van der Waals surface area contributed by atoms with Gasteiger partial charge in [-0.2, -0.15) is 5.10 Å². The van der Waals surface area contributed by atoms with Crippen LogP contribution in [0.2, 0.25) is 0 Å². The molecule has 5 heteroatoms. The van der Waals surface area contributed by atoms with Crippen molar-refractivity contribution in [2.45, 2.75) is 13.8 Å². The van der Waals surface area contributed by atoms with Crippen LogP contribution in [0.1, 0.15) is 16.7 Å². The van der Waals surface area contributed by atoms with E-state index in [0.29, 0.717) is 11.3 Å². The van der Waals surface area contributed by atoms with Crippen LogP contribution >= 0.6 is 0 Å². The van der Waals surface area contributed by atoms with Gasteiger partial charge in [-0.15, -0.1) is 0 Å². The Morgan fingerprint density at radius 1 is 1.23 bits per heavy atom. The molecule has 0 saturated carbocycles. The predicted molar refractivity (Wildman–Crippen MR) is 83.5 cm³/mol. The minimum Gasteiger partial charge on any atom is -0.483 e. The summed E-state index contributed by atoms with van der Waals surface area (Å²) in [5, 5.41) is 3.79. The monoisotopic (exact) mass is 300 g/mol. The van der Waals surface area contributed by atoms with Crippen LogP contribution in [-0.2, 0) is 4.79 Å². The van der Waals surface area contributed by atoms with Crippen molar-refractivity contribution in [1.82, 2.24) is 5.43 Å². The molecular weight excluding hydrogens is 283 g/mol. The first kappa shape index (κ1) is 15.7. The van der Waals surface area contributed by atoms with E-state index >= 15 is 0 Å². The van der Waals surface area contributed by atoms with E-state index in [1.165, 1.54) is 18.3 Å². The molecule has 0 spiro atoms. The number of ether oxygens (including phenoxy) is 1. The van der Waals surface area contributed by atoms with Gasteiger partial charge in [0.1, 0.15) is 11.6 Å². The van der Waals surface area contributed by atoms with Crippen LogP contribution < -0.4 is 10.2 Å². The summed E-state index contributed by atoms with van der Waals surface area (Å²) in [6.45, 7) is 3.80. The number of aryl methyl sites for hydroxylation is 2. The topological polar surface area (TPSA) is 50.7 Å². The molecule has 2 aromatic carbocycles. The fraction of sp³-hybridized carbons (Fsp3) is 0.176. The molecule has 0 bridgehead atoms. The summed E-state index contributed by atoms with van der Waals surface area (Å²) in [7, 11) is 0. The predicted octanol–water partition coefficient (Wildman–Crippen LogP) is 2.97. The van der Waals surface area contributed by atoms with Crippen LogP contribution in [0.25, 0.3) is 0 Å². The van der Waals surface area contributed by atoms with Gasteiger partial charge >= 0.3 is 0 Å². The molecule has 2 aromatic rings. The summed E-state index contributed by atoms with van der Waals surface area (Å²) in [4.78, 5) is 11.6. The SMILES string of the molecule is Cc1ccc(OCC(=O)N/N=C\c2ccc(F)cc2)c(C)c1. The number of nitrogens with one attached hydrogen (secondary N) is 1. The van der Waals surface area contributed by atoms with Crippen LogP contribution in [0, 0.1) is 19.7 Å². The number of hydrazone groups is 1. The van der Waals surface area contributed by atoms with Crippen molar-refractivity contribution in [3.8, 4) is 5.75 Å². The summed E-state index contributed by atoms with van der Waals surface area (Å²) in [6.07, 6.45) is 1.44. The third kappa shape index (κ3) is 4.70. The first-order valence-electron chi connectivity index (χ1n) is 6.82. The van der Waals surface area contributed by atoms with E-state index in [4.69, 9.17) is 4.74 Å². The van der Waals surface area contributed by atoms with E-state index in [0.717, 1.165) is 11.1 Å². The molecule has 0 fully saturated rings. The summed E-state index contributed by atoms with van der Waals surface area (Å²) >= 11 is 0. The molecule has 1 N–H and O–H groups in total. The Kier molecular flexibility index (Phi) is 5.25. The molecule has 0 aromatic heterocycles. The summed E-state index contributed by atoms with van der Waals surface area (Å²) in [6, 6.07) is 11.5. The fourth-order valence-corrected chi connectivity index (χ4v) is 1.86. The first-order valence-corrected chi connectivity index (χ1v) is 6.82. The number of carbonyl (C=O) groups excluding carboxylic acids is 1. The van der Waals surface area contributed by atoms with Crippen molar-refractivity contribution in [1.29, 1.82) is 0 Å². The van der Waals surface area contributed by atoms with Gasteiger partial charge in [-0.3, -0.25) is 4.79 Å². The van der Waals surface area contributed by atoms with E-state index in [2.05, 4.69) is 10.5 Å². The van der Waals surface area contributed by atoms with Gasteiger partial charge in [-0.1, -0.05) is 29.8 Å². The van der Waals surface area contributed by atoms with Gasteiger partial charge in [0.25, 0.3) is 5.91 Å². The van der Waals surface area contributed by atoms with Crippen LogP contribution in [0.3, 0.4) is 0 Å². The molecule has 2 rings (SSSR count). The second kappa shape index (κ2) is 7.36. The normalized spacial score (nSPS) is 10.7. The summed E-state index contributed by atoms with van der Waals surface area (Å²) in [5.41, 5.74) is 5.16. The van der Waals surface area contributed by atoms with E-state index in [1.807, 2.05) is 32.0 Å². The van der Waals surface area contributed by atoms with Gasteiger partial charge in [0.2, 0.25) is 0 Å². The van der Waals surface area contributed by atoms with Gasteiger partial charge in [-0.25, -0.2) is 9.82 Å². The molecule has 0 saturated heterocycles. The largest absolute Gasteiger partial charge is 0.483 e. The van der Waals surface area contributed by atoms with Crippen molar-refractivity contribution in [2.75, 3.05) is 6.61 Å². The summed E-state index contributed by atoms with van der Waals surface area (Å²) < 4.78 is 18.2. The number of nitrogens with zero attached hydrogens (tertiary/aromatic N) is 1. The maximum absolute atomic E-state index is 12.7. The second-order valence-electron chi connectivity index (χ2n) is 4.90. The highest BCUT2D eigenvalue weighted by Gasteiger charge is 2.04. The Bertz CT molecular complexity index is 682.